The third kappa shape index (κ3) is 2.14. The third-order valence-corrected chi connectivity index (χ3v) is 7.59. The molecule has 2 unspecified atom stereocenters. The van der Waals surface area contributed by atoms with E-state index in [1.54, 1.807) is 6.92 Å². The van der Waals surface area contributed by atoms with Gasteiger partial charge in [-0.25, -0.2) is 13.4 Å². The van der Waals surface area contributed by atoms with E-state index >= 15 is 0 Å². The largest absolute Gasteiger partial charge is 0.354 e. The number of aryl methyl sites for hydroxylation is 1. The van der Waals surface area contributed by atoms with E-state index in [4.69, 9.17) is 11.6 Å². The highest BCUT2D eigenvalue weighted by Crippen LogP contribution is 2.35. The lowest BCUT2D eigenvalue weighted by atomic mass is 9.93. The fourth-order valence-corrected chi connectivity index (χ4v) is 6.46. The number of thiazole rings is 1. The van der Waals surface area contributed by atoms with Crippen LogP contribution >= 0.6 is 22.9 Å². The molecule has 2 aliphatic heterocycles. The van der Waals surface area contributed by atoms with Crippen LogP contribution in [0.15, 0.2) is 4.21 Å². The molecule has 6 nitrogen and oxygen atoms in total. The summed E-state index contributed by atoms with van der Waals surface area (Å²) < 4.78 is 27.4. The van der Waals surface area contributed by atoms with E-state index in [0.29, 0.717) is 25.2 Å². The lowest BCUT2D eigenvalue weighted by molar-refractivity contribution is -0.123. The van der Waals surface area contributed by atoms with Crippen LogP contribution in [0, 0.1) is 12.8 Å². The summed E-state index contributed by atoms with van der Waals surface area (Å²) in [4.78, 5) is 15.7. The van der Waals surface area contributed by atoms with Gasteiger partial charge in [-0.1, -0.05) is 22.9 Å². The van der Waals surface area contributed by atoms with Gasteiger partial charge in [0.05, 0.1) is 17.7 Å². The summed E-state index contributed by atoms with van der Waals surface area (Å²) in [5.74, 6) is -0.281. The first-order valence-electron chi connectivity index (χ1n) is 6.34. The summed E-state index contributed by atoms with van der Waals surface area (Å²) in [7, 11) is -3.64. The van der Waals surface area contributed by atoms with Gasteiger partial charge in [-0.3, -0.25) is 4.79 Å². The van der Waals surface area contributed by atoms with Crippen LogP contribution in [-0.2, 0) is 14.8 Å². The number of carbonyl (C=O) groups is 1. The Labute approximate surface area is 126 Å². The Bertz CT molecular complexity index is 658. The zero-order valence-corrected chi connectivity index (χ0v) is 13.2. The highest BCUT2D eigenvalue weighted by molar-refractivity contribution is 7.91. The lowest BCUT2D eigenvalue weighted by Crippen LogP contribution is -2.48. The maximum Gasteiger partial charge on any atom is 0.254 e. The molecule has 1 amide bonds. The molecule has 2 saturated heterocycles. The minimum absolute atomic E-state index is 0.0473. The van der Waals surface area contributed by atoms with Crippen LogP contribution in [0.4, 0.5) is 0 Å². The smallest absolute Gasteiger partial charge is 0.254 e. The van der Waals surface area contributed by atoms with Gasteiger partial charge < -0.3 is 5.32 Å². The Hall–Kier alpha value is -0.700. The van der Waals surface area contributed by atoms with Gasteiger partial charge in [-0.15, -0.1) is 0 Å². The fourth-order valence-electron chi connectivity index (χ4n) is 2.91. The fraction of sp³-hybridized carbons (Fsp3) is 0.636. The normalized spacial score (nSPS) is 27.4. The molecule has 1 aromatic heterocycles. The number of hydrogen-bond acceptors (Lipinski definition) is 5. The predicted octanol–water partition coefficient (Wildman–Crippen LogP) is 1.00. The molecule has 110 valence electrons. The van der Waals surface area contributed by atoms with E-state index < -0.39 is 10.0 Å². The van der Waals surface area contributed by atoms with Crippen molar-refractivity contribution in [3.05, 3.63) is 10.2 Å². The lowest BCUT2D eigenvalue weighted by Gasteiger charge is -2.34. The Morgan fingerprint density at radius 1 is 1.50 bits per heavy atom. The average molecular weight is 336 g/mol. The maximum atomic E-state index is 12.8. The van der Waals surface area contributed by atoms with Crippen molar-refractivity contribution in [2.75, 3.05) is 13.1 Å². The van der Waals surface area contributed by atoms with Gasteiger partial charge >= 0.3 is 0 Å². The van der Waals surface area contributed by atoms with Crippen molar-refractivity contribution in [1.82, 2.24) is 14.6 Å². The summed E-state index contributed by atoms with van der Waals surface area (Å²) in [5, 5.41) is 2.75. The average Bonchev–Trinajstić information content (AvgIpc) is 2.93. The second-order valence-electron chi connectivity index (χ2n) is 5.02. The molecule has 3 heterocycles. The molecule has 20 heavy (non-hydrogen) atoms. The standard InChI is InChI=1S/C11H14ClN3O3S2/c1-6-10(19-11(12)14-6)20(17,18)15-4-2-3-7-8(15)5-13-9(7)16/h7-8H,2-5H2,1H3,(H,13,16). The topological polar surface area (TPSA) is 79.4 Å². The van der Waals surface area contributed by atoms with E-state index in [9.17, 15) is 13.2 Å². The molecule has 2 fully saturated rings. The SMILES string of the molecule is Cc1nc(Cl)sc1S(=O)(=O)N1CCCC2C(=O)NCC21. The number of halogens is 1. The van der Waals surface area contributed by atoms with Crippen LogP contribution < -0.4 is 5.32 Å². The Morgan fingerprint density at radius 2 is 2.25 bits per heavy atom. The second kappa shape index (κ2) is 4.94. The zero-order chi connectivity index (χ0) is 14.5. The van der Waals surface area contributed by atoms with Crippen molar-refractivity contribution >= 4 is 38.9 Å². The number of nitrogens with one attached hydrogen (secondary N) is 1. The minimum atomic E-state index is -3.64. The van der Waals surface area contributed by atoms with Crippen LogP contribution in [0.2, 0.25) is 4.47 Å². The molecule has 1 aromatic rings. The quantitative estimate of drug-likeness (QED) is 0.874. The third-order valence-electron chi connectivity index (χ3n) is 3.82. The molecule has 0 aliphatic carbocycles. The molecule has 1 N–H and O–H groups in total. The first-order valence-corrected chi connectivity index (χ1v) is 8.97. The van der Waals surface area contributed by atoms with Gasteiger partial charge in [0.2, 0.25) is 5.91 Å². The molecule has 2 aliphatic rings. The van der Waals surface area contributed by atoms with E-state index in [0.717, 1.165) is 17.8 Å². The second-order valence-corrected chi connectivity index (χ2v) is 8.68. The Morgan fingerprint density at radius 3 is 2.90 bits per heavy atom. The summed E-state index contributed by atoms with van der Waals surface area (Å²) in [6.07, 6.45) is 1.43. The molecule has 0 radical (unpaired) electrons. The number of amides is 1. The van der Waals surface area contributed by atoms with E-state index in [1.165, 1.54) is 4.31 Å². The molecule has 0 saturated carbocycles. The summed E-state index contributed by atoms with van der Waals surface area (Å²) >= 11 is 6.77. The molecule has 3 rings (SSSR count). The van der Waals surface area contributed by atoms with Crippen molar-refractivity contribution in [1.29, 1.82) is 0 Å². The van der Waals surface area contributed by atoms with Gasteiger partial charge in [0.15, 0.2) is 8.68 Å². The van der Waals surface area contributed by atoms with Crippen LogP contribution in [-0.4, -0.2) is 42.7 Å². The monoisotopic (exact) mass is 335 g/mol. The number of rotatable bonds is 2. The molecular formula is C11H14ClN3O3S2. The van der Waals surface area contributed by atoms with Gasteiger partial charge in [0.1, 0.15) is 0 Å². The summed E-state index contributed by atoms with van der Waals surface area (Å²) in [5.41, 5.74) is 0.416. The van der Waals surface area contributed by atoms with Crippen molar-refractivity contribution in [2.24, 2.45) is 5.92 Å². The van der Waals surface area contributed by atoms with Crippen molar-refractivity contribution in [2.45, 2.75) is 30.0 Å². The summed E-state index contributed by atoms with van der Waals surface area (Å²) in [6, 6.07) is -0.290. The van der Waals surface area contributed by atoms with Gasteiger partial charge in [-0.05, 0) is 19.8 Å². The van der Waals surface area contributed by atoms with Crippen LogP contribution in [0.3, 0.4) is 0 Å². The van der Waals surface area contributed by atoms with E-state index in [-0.39, 0.29) is 26.5 Å². The maximum absolute atomic E-state index is 12.8. The minimum Gasteiger partial charge on any atom is -0.354 e. The van der Waals surface area contributed by atoms with Crippen molar-refractivity contribution in [3.8, 4) is 0 Å². The van der Waals surface area contributed by atoms with Crippen LogP contribution in [0.5, 0.6) is 0 Å². The van der Waals surface area contributed by atoms with E-state index in [1.807, 2.05) is 0 Å². The first kappa shape index (κ1) is 14.2. The molecular weight excluding hydrogens is 322 g/mol. The first-order chi connectivity index (χ1) is 9.41. The number of hydrogen-bond donors (Lipinski definition) is 1. The summed E-state index contributed by atoms with van der Waals surface area (Å²) in [6.45, 7) is 2.45. The van der Waals surface area contributed by atoms with Gasteiger partial charge in [0.25, 0.3) is 10.0 Å². The highest BCUT2D eigenvalue weighted by atomic mass is 35.5. The van der Waals surface area contributed by atoms with Gasteiger partial charge in [-0.2, -0.15) is 4.31 Å². The van der Waals surface area contributed by atoms with Crippen LogP contribution in [0.25, 0.3) is 0 Å². The molecule has 0 spiro atoms. The van der Waals surface area contributed by atoms with Crippen LogP contribution in [0.1, 0.15) is 18.5 Å². The van der Waals surface area contributed by atoms with E-state index in [2.05, 4.69) is 10.3 Å². The Kier molecular flexibility index (Phi) is 3.52. The van der Waals surface area contributed by atoms with Crippen molar-refractivity contribution < 1.29 is 13.2 Å². The van der Waals surface area contributed by atoms with Crippen molar-refractivity contribution in [3.63, 3.8) is 0 Å². The zero-order valence-electron chi connectivity index (χ0n) is 10.8. The number of nitrogens with zero attached hydrogens (tertiary/aromatic N) is 2. The van der Waals surface area contributed by atoms with Gasteiger partial charge in [0, 0.05) is 13.1 Å². The highest BCUT2D eigenvalue weighted by Gasteiger charge is 2.46. The number of piperidine rings is 1. The molecule has 0 bridgehead atoms. The predicted molar refractivity (Wildman–Crippen MR) is 75.3 cm³/mol. The Balaban J connectivity index is 1.99. The number of carbonyl (C=O) groups excluding carboxylic acids is 1. The molecule has 0 aromatic carbocycles. The molecule has 9 heteroatoms. The number of aromatic nitrogens is 1. The number of sulfonamides is 1. The number of fused-ring (bicyclic) bond motifs is 1. The molecule has 2 atom stereocenters.